The summed E-state index contributed by atoms with van der Waals surface area (Å²) in [4.78, 5) is 10.9. The van der Waals surface area contributed by atoms with Crippen LogP contribution in [0.5, 0.6) is 0 Å². The Hall–Kier alpha value is -0.570. The molecule has 0 aromatic carbocycles. The molecule has 57 valence electrons. The number of hydrogen-bond donors (Lipinski definition) is 0. The van der Waals surface area contributed by atoms with Gasteiger partial charge in [0.05, 0.1) is 0 Å². The minimum atomic E-state index is -1.08. The van der Waals surface area contributed by atoms with Gasteiger partial charge in [0.15, 0.2) is 0 Å². The zero-order valence-electron chi connectivity index (χ0n) is 6.31. The molecule has 0 amide bonds. The summed E-state index contributed by atoms with van der Waals surface area (Å²) in [5.74, 6) is -0.407. The van der Waals surface area contributed by atoms with Crippen molar-refractivity contribution >= 4 is 5.97 Å². The molecular formula is C7H12NO2. The Kier molecular flexibility index (Phi) is 1.68. The van der Waals surface area contributed by atoms with Crippen molar-refractivity contribution in [2.45, 2.75) is 38.3 Å². The number of esters is 1. The quantitative estimate of drug-likeness (QED) is 0.534. The molecule has 1 N–H and O–H groups in total. The molecule has 1 radical (unpaired) electrons. The minimum absolute atomic E-state index is 0.122. The predicted octanol–water partition coefficient (Wildman–Crippen LogP) is 0.753. The van der Waals surface area contributed by atoms with E-state index in [1.165, 1.54) is 13.8 Å². The molecule has 3 nitrogen and oxygen atoms in total. The van der Waals surface area contributed by atoms with Gasteiger partial charge in [0.25, 0.3) is 0 Å². The van der Waals surface area contributed by atoms with E-state index in [0.717, 1.165) is 12.8 Å². The Bertz CT molecular complexity index is 144. The van der Waals surface area contributed by atoms with E-state index in [4.69, 9.17) is 10.5 Å². The highest BCUT2D eigenvalue weighted by molar-refractivity contribution is 5.79. The topological polar surface area (TPSA) is 50.1 Å². The number of rotatable bonds is 2. The lowest BCUT2D eigenvalue weighted by Crippen LogP contribution is -2.35. The van der Waals surface area contributed by atoms with Crippen LogP contribution in [0.2, 0.25) is 0 Å². The first-order valence-corrected chi connectivity index (χ1v) is 3.46. The standard InChI is InChI=1S/C7H12NO2/c1-7(2,8)6(9)10-5-3-4-5/h5,8H,3-4H2,1-2H3. The van der Waals surface area contributed by atoms with Crippen LogP contribution in [-0.2, 0) is 9.53 Å². The van der Waals surface area contributed by atoms with E-state index in [1.54, 1.807) is 0 Å². The van der Waals surface area contributed by atoms with Gasteiger partial charge < -0.3 is 4.74 Å². The van der Waals surface area contributed by atoms with Crippen LogP contribution in [0.3, 0.4) is 0 Å². The first-order valence-electron chi connectivity index (χ1n) is 3.46. The van der Waals surface area contributed by atoms with E-state index in [9.17, 15) is 4.79 Å². The molecule has 1 saturated carbocycles. The van der Waals surface area contributed by atoms with Crippen LogP contribution >= 0.6 is 0 Å². The molecule has 1 aliphatic carbocycles. The fourth-order valence-electron chi connectivity index (χ4n) is 0.485. The van der Waals surface area contributed by atoms with Gasteiger partial charge in [0.1, 0.15) is 11.6 Å². The van der Waals surface area contributed by atoms with E-state index in [1.807, 2.05) is 0 Å². The van der Waals surface area contributed by atoms with Gasteiger partial charge in [-0.2, -0.15) is 0 Å². The van der Waals surface area contributed by atoms with Gasteiger partial charge in [-0.15, -0.1) is 0 Å². The maximum Gasteiger partial charge on any atom is 0.327 e. The molecule has 0 aliphatic heterocycles. The summed E-state index contributed by atoms with van der Waals surface area (Å²) in [6.07, 6.45) is 2.07. The fraction of sp³-hybridized carbons (Fsp3) is 0.857. The lowest BCUT2D eigenvalue weighted by molar-refractivity contribution is -0.150. The zero-order valence-corrected chi connectivity index (χ0v) is 6.31. The average Bonchev–Trinajstić information content (AvgIpc) is 2.47. The second-order valence-electron chi connectivity index (χ2n) is 3.23. The lowest BCUT2D eigenvalue weighted by Gasteiger charge is -2.14. The third-order valence-electron chi connectivity index (χ3n) is 1.31. The van der Waals surface area contributed by atoms with Gasteiger partial charge in [-0.1, -0.05) is 0 Å². The summed E-state index contributed by atoms with van der Waals surface area (Å²) in [7, 11) is 0. The molecule has 0 spiro atoms. The maximum absolute atomic E-state index is 10.9. The lowest BCUT2D eigenvalue weighted by atomic mass is 10.1. The van der Waals surface area contributed by atoms with Gasteiger partial charge in [-0.05, 0) is 26.7 Å². The molecule has 0 aromatic heterocycles. The van der Waals surface area contributed by atoms with Crippen molar-refractivity contribution < 1.29 is 9.53 Å². The summed E-state index contributed by atoms with van der Waals surface area (Å²) in [5.41, 5.74) is 6.20. The Morgan fingerprint density at radius 3 is 2.40 bits per heavy atom. The van der Waals surface area contributed by atoms with Gasteiger partial charge in [-0.3, -0.25) is 4.79 Å². The molecule has 1 fully saturated rings. The fourth-order valence-corrected chi connectivity index (χ4v) is 0.485. The van der Waals surface area contributed by atoms with Crippen LogP contribution in [0.15, 0.2) is 0 Å². The summed E-state index contributed by atoms with van der Waals surface area (Å²) < 4.78 is 4.90. The molecule has 10 heavy (non-hydrogen) atoms. The Labute approximate surface area is 60.5 Å². The summed E-state index contributed by atoms with van der Waals surface area (Å²) in [6.45, 7) is 3.08. The third kappa shape index (κ3) is 1.99. The highest BCUT2D eigenvalue weighted by Gasteiger charge is 2.32. The SMILES string of the molecule is CC(C)([NH])C(=O)OC1CC1. The monoisotopic (exact) mass is 142 g/mol. The van der Waals surface area contributed by atoms with Gasteiger partial charge in [-0.25, -0.2) is 5.73 Å². The third-order valence-corrected chi connectivity index (χ3v) is 1.31. The van der Waals surface area contributed by atoms with Gasteiger partial charge in [0, 0.05) is 0 Å². The normalized spacial score (nSPS) is 18.7. The molecule has 0 aromatic rings. The van der Waals surface area contributed by atoms with Crippen LogP contribution in [0.1, 0.15) is 26.7 Å². The largest absolute Gasteiger partial charge is 0.461 e. The van der Waals surface area contributed by atoms with E-state index >= 15 is 0 Å². The molecule has 0 unspecified atom stereocenters. The van der Waals surface area contributed by atoms with E-state index in [-0.39, 0.29) is 6.10 Å². The van der Waals surface area contributed by atoms with Crippen LogP contribution in [0.4, 0.5) is 0 Å². The number of hydrogen-bond acceptors (Lipinski definition) is 2. The molecule has 0 bridgehead atoms. The molecule has 0 atom stereocenters. The van der Waals surface area contributed by atoms with Crippen molar-refractivity contribution in [3.8, 4) is 0 Å². The second-order valence-corrected chi connectivity index (χ2v) is 3.23. The Balaban J connectivity index is 2.32. The maximum atomic E-state index is 10.9. The first kappa shape index (κ1) is 7.54. The van der Waals surface area contributed by atoms with E-state index in [0.29, 0.717) is 0 Å². The highest BCUT2D eigenvalue weighted by Crippen LogP contribution is 2.24. The van der Waals surface area contributed by atoms with Crippen molar-refractivity contribution in [1.82, 2.24) is 5.73 Å². The van der Waals surface area contributed by atoms with Crippen LogP contribution < -0.4 is 5.73 Å². The number of carbonyl (C=O) groups is 1. The smallest absolute Gasteiger partial charge is 0.327 e. The molecule has 1 aliphatic rings. The van der Waals surface area contributed by atoms with Gasteiger partial charge >= 0.3 is 5.97 Å². The Morgan fingerprint density at radius 1 is 1.60 bits per heavy atom. The Morgan fingerprint density at radius 2 is 2.10 bits per heavy atom. The van der Waals surface area contributed by atoms with E-state index in [2.05, 4.69) is 0 Å². The summed E-state index contributed by atoms with van der Waals surface area (Å²) in [5, 5.41) is 0. The van der Waals surface area contributed by atoms with Crippen molar-refractivity contribution in [3.63, 3.8) is 0 Å². The van der Waals surface area contributed by atoms with Crippen LogP contribution in [-0.4, -0.2) is 17.6 Å². The van der Waals surface area contributed by atoms with Crippen molar-refractivity contribution in [1.29, 1.82) is 0 Å². The molecule has 1 rings (SSSR count). The molecule has 3 heteroatoms. The van der Waals surface area contributed by atoms with Crippen LogP contribution in [0, 0.1) is 0 Å². The molecular weight excluding hydrogens is 130 g/mol. The highest BCUT2D eigenvalue weighted by atomic mass is 16.6. The number of ether oxygens (including phenoxy) is 1. The summed E-state index contributed by atoms with van der Waals surface area (Å²) in [6, 6.07) is 0. The minimum Gasteiger partial charge on any atom is -0.461 e. The zero-order chi connectivity index (χ0) is 7.78. The number of nitrogens with one attached hydrogen (secondary N) is 1. The first-order chi connectivity index (χ1) is 4.50. The summed E-state index contributed by atoms with van der Waals surface area (Å²) >= 11 is 0. The number of carbonyl (C=O) groups excluding carboxylic acids is 1. The van der Waals surface area contributed by atoms with Crippen molar-refractivity contribution in [3.05, 3.63) is 0 Å². The van der Waals surface area contributed by atoms with E-state index < -0.39 is 11.5 Å². The molecule has 0 heterocycles. The average molecular weight is 142 g/mol. The van der Waals surface area contributed by atoms with Crippen molar-refractivity contribution in [2.75, 3.05) is 0 Å². The second kappa shape index (κ2) is 2.23. The van der Waals surface area contributed by atoms with Crippen molar-refractivity contribution in [2.24, 2.45) is 0 Å². The van der Waals surface area contributed by atoms with Gasteiger partial charge in [0.2, 0.25) is 0 Å². The predicted molar refractivity (Wildman–Crippen MR) is 36.3 cm³/mol. The van der Waals surface area contributed by atoms with Crippen LogP contribution in [0.25, 0.3) is 0 Å². The molecule has 0 saturated heterocycles.